The molecule has 0 aliphatic carbocycles. The Morgan fingerprint density at radius 3 is 3.00 bits per heavy atom. The fraction of sp³-hybridized carbons (Fsp3) is 0.455. The van der Waals surface area contributed by atoms with E-state index in [1.165, 1.54) is 0 Å². The first-order chi connectivity index (χ1) is 7.61. The van der Waals surface area contributed by atoms with Crippen LogP contribution in [0.4, 0.5) is 10.5 Å². The molecular formula is C11H17N3O2. The number of anilines is 1. The summed E-state index contributed by atoms with van der Waals surface area (Å²) in [7, 11) is 1.60. The third kappa shape index (κ3) is 4.27. The van der Waals surface area contributed by atoms with E-state index in [1.807, 2.05) is 13.8 Å². The van der Waals surface area contributed by atoms with E-state index >= 15 is 0 Å². The van der Waals surface area contributed by atoms with E-state index < -0.39 is 0 Å². The Morgan fingerprint density at radius 1 is 1.62 bits per heavy atom. The second kappa shape index (κ2) is 6.07. The number of urea groups is 1. The second-order valence-electron chi connectivity index (χ2n) is 3.64. The molecule has 1 atom stereocenters. The lowest BCUT2D eigenvalue weighted by Crippen LogP contribution is -2.38. The third-order valence-electron chi connectivity index (χ3n) is 1.95. The number of aromatic nitrogens is 1. The molecule has 0 fully saturated rings. The average molecular weight is 223 g/mol. The van der Waals surface area contributed by atoms with Crippen LogP contribution >= 0.6 is 0 Å². The van der Waals surface area contributed by atoms with Crippen LogP contribution in [0.2, 0.25) is 0 Å². The summed E-state index contributed by atoms with van der Waals surface area (Å²) in [6.07, 6.45) is 1.66. The van der Waals surface area contributed by atoms with E-state index in [-0.39, 0.29) is 12.1 Å². The lowest BCUT2D eigenvalue weighted by Gasteiger charge is -2.13. The Kier molecular flexibility index (Phi) is 4.72. The van der Waals surface area contributed by atoms with E-state index in [0.29, 0.717) is 6.61 Å². The molecule has 16 heavy (non-hydrogen) atoms. The van der Waals surface area contributed by atoms with Crippen molar-refractivity contribution in [3.8, 4) is 0 Å². The largest absolute Gasteiger partial charge is 0.383 e. The first kappa shape index (κ1) is 12.4. The van der Waals surface area contributed by atoms with E-state index in [1.54, 1.807) is 25.4 Å². The topological polar surface area (TPSA) is 63.2 Å². The maximum Gasteiger partial charge on any atom is 0.319 e. The number of nitrogens with zero attached hydrogens (tertiary/aromatic N) is 1. The van der Waals surface area contributed by atoms with Crippen LogP contribution in [-0.4, -0.2) is 30.8 Å². The Labute approximate surface area is 95.2 Å². The zero-order chi connectivity index (χ0) is 12.0. The molecule has 5 heteroatoms. The minimum atomic E-state index is -0.241. The molecule has 2 N–H and O–H groups in total. The van der Waals surface area contributed by atoms with Crippen molar-refractivity contribution < 1.29 is 9.53 Å². The highest BCUT2D eigenvalue weighted by Gasteiger charge is 2.06. The van der Waals surface area contributed by atoms with Crippen molar-refractivity contribution in [1.82, 2.24) is 10.3 Å². The molecule has 0 spiro atoms. The molecule has 0 radical (unpaired) electrons. The first-order valence-electron chi connectivity index (χ1n) is 5.11. The molecule has 0 aromatic carbocycles. The van der Waals surface area contributed by atoms with Crippen molar-refractivity contribution in [3.05, 3.63) is 24.0 Å². The van der Waals surface area contributed by atoms with Gasteiger partial charge in [-0.15, -0.1) is 0 Å². The number of ether oxygens (including phenoxy) is 1. The number of pyridine rings is 1. The van der Waals surface area contributed by atoms with Crippen LogP contribution in [0.25, 0.3) is 0 Å². The highest BCUT2D eigenvalue weighted by Crippen LogP contribution is 2.06. The number of carbonyl (C=O) groups is 1. The Hall–Kier alpha value is -1.62. The summed E-state index contributed by atoms with van der Waals surface area (Å²) in [6, 6.07) is 3.29. The van der Waals surface area contributed by atoms with Crippen LogP contribution in [0, 0.1) is 6.92 Å². The van der Waals surface area contributed by atoms with Crippen molar-refractivity contribution in [2.75, 3.05) is 19.0 Å². The summed E-state index contributed by atoms with van der Waals surface area (Å²) in [5.41, 5.74) is 1.59. The van der Waals surface area contributed by atoms with Gasteiger partial charge >= 0.3 is 6.03 Å². The van der Waals surface area contributed by atoms with Crippen molar-refractivity contribution in [2.24, 2.45) is 0 Å². The molecule has 0 saturated carbocycles. The summed E-state index contributed by atoms with van der Waals surface area (Å²) in [6.45, 7) is 4.24. The average Bonchev–Trinajstić information content (AvgIpc) is 2.17. The molecule has 2 amide bonds. The van der Waals surface area contributed by atoms with Crippen LogP contribution in [0.5, 0.6) is 0 Å². The van der Waals surface area contributed by atoms with Crippen LogP contribution in [0.3, 0.4) is 0 Å². The molecule has 1 aromatic rings. The Balaban J connectivity index is 2.45. The van der Waals surface area contributed by atoms with Gasteiger partial charge in [0.15, 0.2) is 0 Å². The number of hydrogen-bond donors (Lipinski definition) is 2. The van der Waals surface area contributed by atoms with Gasteiger partial charge in [-0.3, -0.25) is 4.98 Å². The van der Waals surface area contributed by atoms with Crippen LogP contribution in [0.15, 0.2) is 18.3 Å². The van der Waals surface area contributed by atoms with Crippen LogP contribution in [-0.2, 0) is 4.74 Å². The van der Waals surface area contributed by atoms with Gasteiger partial charge in [0.2, 0.25) is 0 Å². The number of amides is 2. The van der Waals surface area contributed by atoms with Crippen molar-refractivity contribution >= 4 is 11.7 Å². The lowest BCUT2D eigenvalue weighted by molar-refractivity contribution is 0.173. The fourth-order valence-corrected chi connectivity index (χ4v) is 1.31. The maximum atomic E-state index is 11.5. The predicted molar refractivity (Wildman–Crippen MR) is 62.5 cm³/mol. The third-order valence-corrected chi connectivity index (χ3v) is 1.95. The van der Waals surface area contributed by atoms with Gasteiger partial charge in [-0.05, 0) is 26.0 Å². The van der Waals surface area contributed by atoms with Crippen LogP contribution in [0.1, 0.15) is 12.6 Å². The quantitative estimate of drug-likeness (QED) is 0.814. The monoisotopic (exact) mass is 223 g/mol. The van der Waals surface area contributed by atoms with Gasteiger partial charge < -0.3 is 15.4 Å². The smallest absolute Gasteiger partial charge is 0.319 e. The van der Waals surface area contributed by atoms with Gasteiger partial charge in [0.25, 0.3) is 0 Å². The van der Waals surface area contributed by atoms with Crippen molar-refractivity contribution in [1.29, 1.82) is 0 Å². The second-order valence-corrected chi connectivity index (χ2v) is 3.64. The molecule has 1 rings (SSSR count). The van der Waals surface area contributed by atoms with Crippen molar-refractivity contribution in [3.63, 3.8) is 0 Å². The van der Waals surface area contributed by atoms with Gasteiger partial charge in [-0.1, -0.05) is 0 Å². The fourth-order valence-electron chi connectivity index (χ4n) is 1.31. The molecular weight excluding hydrogens is 206 g/mol. The van der Waals surface area contributed by atoms with E-state index in [0.717, 1.165) is 11.4 Å². The zero-order valence-electron chi connectivity index (χ0n) is 9.78. The molecule has 88 valence electrons. The van der Waals surface area contributed by atoms with Gasteiger partial charge in [0.1, 0.15) is 0 Å². The number of nitrogens with one attached hydrogen (secondary N) is 2. The number of aryl methyl sites for hydroxylation is 1. The number of methoxy groups -OCH3 is 1. The van der Waals surface area contributed by atoms with Gasteiger partial charge in [0.05, 0.1) is 12.6 Å². The SMILES string of the molecule is COCC(C)NC(=O)Nc1ccnc(C)c1. The highest BCUT2D eigenvalue weighted by molar-refractivity contribution is 5.89. The zero-order valence-corrected chi connectivity index (χ0v) is 9.78. The van der Waals surface area contributed by atoms with E-state index in [4.69, 9.17) is 4.74 Å². The van der Waals surface area contributed by atoms with E-state index in [2.05, 4.69) is 15.6 Å². The summed E-state index contributed by atoms with van der Waals surface area (Å²) in [5.74, 6) is 0. The Bertz CT molecular complexity index is 355. The molecule has 0 bridgehead atoms. The number of rotatable bonds is 4. The van der Waals surface area contributed by atoms with Crippen LogP contribution < -0.4 is 10.6 Å². The summed E-state index contributed by atoms with van der Waals surface area (Å²) in [5, 5.41) is 5.48. The first-order valence-corrected chi connectivity index (χ1v) is 5.11. The van der Waals surface area contributed by atoms with E-state index in [9.17, 15) is 4.79 Å². The summed E-state index contributed by atoms with van der Waals surface area (Å²) in [4.78, 5) is 15.6. The normalized spacial score (nSPS) is 11.9. The molecule has 1 aromatic heterocycles. The highest BCUT2D eigenvalue weighted by atomic mass is 16.5. The maximum absolute atomic E-state index is 11.5. The minimum absolute atomic E-state index is 0.0204. The predicted octanol–water partition coefficient (Wildman–Crippen LogP) is 1.55. The lowest BCUT2D eigenvalue weighted by atomic mass is 10.3. The summed E-state index contributed by atoms with van der Waals surface area (Å²) < 4.78 is 4.92. The molecule has 0 saturated heterocycles. The molecule has 1 unspecified atom stereocenters. The number of carbonyl (C=O) groups excluding carboxylic acids is 1. The Morgan fingerprint density at radius 2 is 2.38 bits per heavy atom. The molecule has 0 aliphatic heterocycles. The summed E-state index contributed by atoms with van der Waals surface area (Å²) >= 11 is 0. The van der Waals surface area contributed by atoms with Gasteiger partial charge in [-0.2, -0.15) is 0 Å². The van der Waals surface area contributed by atoms with Crippen molar-refractivity contribution in [2.45, 2.75) is 19.9 Å². The molecule has 5 nitrogen and oxygen atoms in total. The molecule has 0 aliphatic rings. The minimum Gasteiger partial charge on any atom is -0.383 e. The number of hydrogen-bond acceptors (Lipinski definition) is 3. The molecule has 1 heterocycles. The van der Waals surface area contributed by atoms with Gasteiger partial charge in [0, 0.05) is 24.7 Å². The van der Waals surface area contributed by atoms with Gasteiger partial charge in [-0.25, -0.2) is 4.79 Å². The standard InChI is InChI=1S/C11H17N3O2/c1-8-6-10(4-5-12-8)14-11(15)13-9(2)7-16-3/h4-6,9H,7H2,1-3H3,(H2,12,13,14,15).